The van der Waals surface area contributed by atoms with E-state index in [1.807, 2.05) is 18.3 Å². The molecule has 2 rings (SSSR count). The van der Waals surface area contributed by atoms with Crippen molar-refractivity contribution >= 4 is 10.9 Å². The first-order valence-electron chi connectivity index (χ1n) is 8.41. The minimum atomic E-state index is 0.123. The van der Waals surface area contributed by atoms with Crippen LogP contribution in [0.25, 0.3) is 10.9 Å². The van der Waals surface area contributed by atoms with Crippen LogP contribution in [-0.4, -0.2) is 4.98 Å². The summed E-state index contributed by atoms with van der Waals surface area (Å²) in [6.45, 7) is 2.26. The van der Waals surface area contributed by atoms with Gasteiger partial charge in [0.25, 0.3) is 0 Å². The average molecular weight is 284 g/mol. The molecule has 0 aliphatic heterocycles. The number of aromatic nitrogens is 1. The highest BCUT2D eigenvalue weighted by atomic mass is 14.7. The van der Waals surface area contributed by atoms with Gasteiger partial charge in [0.15, 0.2) is 0 Å². The molecule has 0 saturated carbocycles. The van der Waals surface area contributed by atoms with Gasteiger partial charge in [-0.15, -0.1) is 0 Å². The predicted octanol–water partition coefficient (Wildman–Crippen LogP) is 5.38. The van der Waals surface area contributed by atoms with E-state index in [1.54, 1.807) is 0 Å². The lowest BCUT2D eigenvalue weighted by molar-refractivity contribution is 0.541. The Kier molecular flexibility index (Phi) is 6.68. The Balaban J connectivity index is 1.75. The third-order valence-corrected chi connectivity index (χ3v) is 4.16. The fourth-order valence-electron chi connectivity index (χ4n) is 2.78. The molecule has 0 spiro atoms. The first-order valence-corrected chi connectivity index (χ1v) is 8.41. The fourth-order valence-corrected chi connectivity index (χ4v) is 2.78. The van der Waals surface area contributed by atoms with Crippen molar-refractivity contribution < 1.29 is 0 Å². The Morgan fingerprint density at radius 3 is 2.52 bits per heavy atom. The smallest absolute Gasteiger partial charge is 0.0702 e. The molecule has 0 radical (unpaired) electrons. The summed E-state index contributed by atoms with van der Waals surface area (Å²) in [5, 5.41) is 1.19. The van der Waals surface area contributed by atoms with Crippen molar-refractivity contribution in [1.82, 2.24) is 4.98 Å². The van der Waals surface area contributed by atoms with Crippen molar-refractivity contribution in [2.75, 3.05) is 0 Å². The van der Waals surface area contributed by atoms with E-state index in [0.717, 1.165) is 11.9 Å². The topological polar surface area (TPSA) is 38.9 Å². The highest BCUT2D eigenvalue weighted by Crippen LogP contribution is 2.21. The van der Waals surface area contributed by atoms with Crippen LogP contribution in [0, 0.1) is 0 Å². The molecule has 2 nitrogen and oxygen atoms in total. The van der Waals surface area contributed by atoms with Crippen LogP contribution in [0.4, 0.5) is 0 Å². The molecule has 21 heavy (non-hydrogen) atoms. The van der Waals surface area contributed by atoms with Crippen molar-refractivity contribution in [3.8, 4) is 0 Å². The SMILES string of the molecule is CCCCCCCCCC(N)c1cnc2ccccc2c1. The molecule has 1 unspecified atom stereocenters. The number of para-hydroxylation sites is 1. The van der Waals surface area contributed by atoms with Gasteiger partial charge in [-0.25, -0.2) is 0 Å². The van der Waals surface area contributed by atoms with Gasteiger partial charge >= 0.3 is 0 Å². The van der Waals surface area contributed by atoms with Crippen molar-refractivity contribution in [2.45, 2.75) is 64.3 Å². The minimum Gasteiger partial charge on any atom is -0.324 e. The molecule has 2 N–H and O–H groups in total. The largest absolute Gasteiger partial charge is 0.324 e. The molecule has 114 valence electrons. The number of rotatable bonds is 9. The normalized spacial score (nSPS) is 12.7. The van der Waals surface area contributed by atoms with Gasteiger partial charge in [0.1, 0.15) is 0 Å². The predicted molar refractivity (Wildman–Crippen MR) is 91.3 cm³/mol. The van der Waals surface area contributed by atoms with Gasteiger partial charge in [0.2, 0.25) is 0 Å². The van der Waals surface area contributed by atoms with Gasteiger partial charge < -0.3 is 5.73 Å². The summed E-state index contributed by atoms with van der Waals surface area (Å²) >= 11 is 0. The molecule has 1 aromatic heterocycles. The van der Waals surface area contributed by atoms with E-state index in [4.69, 9.17) is 5.73 Å². The second kappa shape index (κ2) is 8.78. The van der Waals surface area contributed by atoms with E-state index >= 15 is 0 Å². The third kappa shape index (κ3) is 5.13. The Bertz CT molecular complexity index is 536. The number of unbranched alkanes of at least 4 members (excludes halogenated alkanes) is 6. The van der Waals surface area contributed by atoms with Crippen LogP contribution in [0.2, 0.25) is 0 Å². The van der Waals surface area contributed by atoms with E-state index in [1.165, 1.54) is 55.9 Å². The minimum absolute atomic E-state index is 0.123. The molecule has 0 fully saturated rings. The van der Waals surface area contributed by atoms with Crippen LogP contribution in [0.3, 0.4) is 0 Å². The Labute approximate surface area is 128 Å². The van der Waals surface area contributed by atoms with Crippen molar-refractivity contribution in [1.29, 1.82) is 0 Å². The maximum Gasteiger partial charge on any atom is 0.0702 e. The molecule has 0 saturated heterocycles. The fraction of sp³-hybridized carbons (Fsp3) is 0.526. The number of hydrogen-bond acceptors (Lipinski definition) is 2. The molecule has 0 bridgehead atoms. The van der Waals surface area contributed by atoms with Gasteiger partial charge in [0.05, 0.1) is 5.52 Å². The van der Waals surface area contributed by atoms with E-state index in [0.29, 0.717) is 0 Å². The van der Waals surface area contributed by atoms with Gasteiger partial charge in [0, 0.05) is 17.6 Å². The summed E-state index contributed by atoms with van der Waals surface area (Å²) in [4.78, 5) is 4.50. The lowest BCUT2D eigenvalue weighted by Gasteiger charge is -2.12. The molecule has 0 aliphatic carbocycles. The maximum atomic E-state index is 6.31. The highest BCUT2D eigenvalue weighted by molar-refractivity contribution is 5.78. The molecular weight excluding hydrogens is 256 g/mol. The van der Waals surface area contributed by atoms with E-state index in [-0.39, 0.29) is 6.04 Å². The lowest BCUT2D eigenvalue weighted by Crippen LogP contribution is -2.10. The Morgan fingerprint density at radius 2 is 1.71 bits per heavy atom. The van der Waals surface area contributed by atoms with E-state index < -0.39 is 0 Å². The molecule has 0 amide bonds. The highest BCUT2D eigenvalue weighted by Gasteiger charge is 2.07. The van der Waals surface area contributed by atoms with E-state index in [2.05, 4.69) is 30.1 Å². The zero-order valence-corrected chi connectivity index (χ0v) is 13.2. The molecule has 1 aromatic carbocycles. The molecule has 1 heterocycles. The number of nitrogens with two attached hydrogens (primary N) is 1. The zero-order chi connectivity index (χ0) is 14.9. The van der Waals surface area contributed by atoms with Crippen molar-refractivity contribution in [3.63, 3.8) is 0 Å². The van der Waals surface area contributed by atoms with Crippen molar-refractivity contribution in [3.05, 3.63) is 42.1 Å². The number of pyridine rings is 1. The summed E-state index contributed by atoms with van der Waals surface area (Å²) in [5.41, 5.74) is 8.52. The molecular formula is C19H28N2. The van der Waals surface area contributed by atoms with E-state index in [9.17, 15) is 0 Å². The number of fused-ring (bicyclic) bond motifs is 1. The zero-order valence-electron chi connectivity index (χ0n) is 13.2. The van der Waals surface area contributed by atoms with Crippen LogP contribution >= 0.6 is 0 Å². The molecule has 2 heteroatoms. The standard InChI is InChI=1S/C19H28N2/c1-2-3-4-5-6-7-8-12-18(20)17-14-16-11-9-10-13-19(16)21-15-17/h9-11,13-15,18H,2-8,12,20H2,1H3. The van der Waals surface area contributed by atoms with Gasteiger partial charge in [-0.2, -0.15) is 0 Å². The molecule has 1 atom stereocenters. The second-order valence-electron chi connectivity index (χ2n) is 5.98. The average Bonchev–Trinajstić information content (AvgIpc) is 2.53. The van der Waals surface area contributed by atoms with Crippen LogP contribution in [0.5, 0.6) is 0 Å². The maximum absolute atomic E-state index is 6.31. The lowest BCUT2D eigenvalue weighted by atomic mass is 10.0. The van der Waals surface area contributed by atoms with Gasteiger partial charge in [-0.1, -0.05) is 70.1 Å². The summed E-state index contributed by atoms with van der Waals surface area (Å²) in [7, 11) is 0. The van der Waals surface area contributed by atoms with Crippen molar-refractivity contribution in [2.24, 2.45) is 5.73 Å². The summed E-state index contributed by atoms with van der Waals surface area (Å²) in [5.74, 6) is 0. The first-order chi connectivity index (χ1) is 10.3. The molecule has 2 aromatic rings. The summed E-state index contributed by atoms with van der Waals surface area (Å²) in [6, 6.07) is 10.5. The summed E-state index contributed by atoms with van der Waals surface area (Å²) < 4.78 is 0. The van der Waals surface area contributed by atoms with Gasteiger partial charge in [-0.3, -0.25) is 4.98 Å². The van der Waals surface area contributed by atoms with Crippen LogP contribution in [-0.2, 0) is 0 Å². The molecule has 0 aliphatic rings. The third-order valence-electron chi connectivity index (χ3n) is 4.16. The number of hydrogen-bond donors (Lipinski definition) is 1. The monoisotopic (exact) mass is 284 g/mol. The second-order valence-corrected chi connectivity index (χ2v) is 5.98. The first kappa shape index (κ1) is 16.0. The Hall–Kier alpha value is -1.41. The summed E-state index contributed by atoms with van der Waals surface area (Å²) in [6.07, 6.45) is 12.3. The number of nitrogens with zero attached hydrogens (tertiary/aromatic N) is 1. The Morgan fingerprint density at radius 1 is 1.00 bits per heavy atom. The number of benzene rings is 1. The van der Waals surface area contributed by atoms with Gasteiger partial charge in [-0.05, 0) is 24.1 Å². The van der Waals surface area contributed by atoms with Crippen LogP contribution in [0.15, 0.2) is 36.5 Å². The quantitative estimate of drug-likeness (QED) is 0.628. The van der Waals surface area contributed by atoms with Crippen LogP contribution < -0.4 is 5.73 Å². The van der Waals surface area contributed by atoms with Crippen LogP contribution in [0.1, 0.15) is 69.9 Å².